The van der Waals surface area contributed by atoms with Crippen molar-refractivity contribution in [1.82, 2.24) is 10.3 Å². The molecule has 3 rings (SSSR count). The minimum atomic E-state index is 0.00921. The second-order valence-corrected chi connectivity index (χ2v) is 7.32. The molecule has 150 valence electrons. The Labute approximate surface area is 170 Å². The minimum absolute atomic E-state index is 0.00921. The first-order valence-corrected chi connectivity index (χ1v) is 9.61. The van der Waals surface area contributed by atoms with Crippen LogP contribution in [0.3, 0.4) is 0 Å². The van der Waals surface area contributed by atoms with Crippen molar-refractivity contribution in [2.75, 3.05) is 0 Å². The topological polar surface area (TPSA) is 89.6 Å². The molecule has 0 radical (unpaired) electrons. The first-order chi connectivity index (χ1) is 13.9. The van der Waals surface area contributed by atoms with Crippen LogP contribution in [-0.4, -0.2) is 23.5 Å². The van der Waals surface area contributed by atoms with Crippen molar-refractivity contribution >= 4 is 29.0 Å². The summed E-state index contributed by atoms with van der Waals surface area (Å²) in [5, 5.41) is 3.15. The average Bonchev–Trinajstić information content (AvgIpc) is 2.68. The molecule has 29 heavy (non-hydrogen) atoms. The molecule has 0 saturated heterocycles. The number of rotatable bonds is 6. The fraction of sp³-hybridized carbons (Fsp3) is 0.261. The number of amides is 1. The van der Waals surface area contributed by atoms with Crippen molar-refractivity contribution in [1.29, 1.82) is 0 Å². The predicted molar refractivity (Wildman–Crippen MR) is 117 cm³/mol. The number of hydrogen-bond donors (Lipinski definition) is 2. The van der Waals surface area contributed by atoms with Crippen LogP contribution in [0.1, 0.15) is 26.3 Å². The van der Waals surface area contributed by atoms with E-state index in [2.05, 4.69) is 24.2 Å². The van der Waals surface area contributed by atoms with E-state index in [4.69, 9.17) is 15.5 Å². The predicted octanol–water partition coefficient (Wildman–Crippen LogP) is 4.33. The van der Waals surface area contributed by atoms with Gasteiger partial charge in [0.25, 0.3) is 0 Å². The van der Waals surface area contributed by atoms with Crippen molar-refractivity contribution in [2.45, 2.75) is 33.8 Å². The highest BCUT2D eigenvalue weighted by Gasteiger charge is 2.16. The van der Waals surface area contributed by atoms with Crippen LogP contribution in [0.15, 0.2) is 53.5 Å². The summed E-state index contributed by atoms with van der Waals surface area (Å²) in [6.07, 6.45) is 0.516. The average molecular weight is 390 g/mol. The maximum atomic E-state index is 10.8. The third-order valence-electron chi connectivity index (χ3n) is 4.90. The Bertz CT molecular complexity index is 1060. The molecule has 0 aliphatic rings. The van der Waals surface area contributed by atoms with E-state index in [-0.39, 0.29) is 12.1 Å². The molecule has 6 heteroatoms. The zero-order valence-electron chi connectivity index (χ0n) is 17.1. The lowest BCUT2D eigenvalue weighted by Gasteiger charge is -2.20. The standard InChI is InChI=1S/C23H26N4O2/c1-14(2)16(4)29-21-11-7-10-18-22(21)20(27-23(24)25-13-28)12-19(26-18)17-9-6-5-8-15(17)3/h5-14,16H,1-4H3,(H3,24,25,26,27,28). The summed E-state index contributed by atoms with van der Waals surface area (Å²) in [5.74, 6) is 1.04. The molecule has 0 aliphatic carbocycles. The Balaban J connectivity index is 2.25. The fourth-order valence-corrected chi connectivity index (χ4v) is 2.98. The minimum Gasteiger partial charge on any atom is -0.490 e. The second kappa shape index (κ2) is 8.73. The monoisotopic (exact) mass is 390 g/mol. The Kier molecular flexibility index (Phi) is 6.12. The van der Waals surface area contributed by atoms with Crippen LogP contribution in [0.25, 0.3) is 22.2 Å². The molecule has 1 unspecified atom stereocenters. The highest BCUT2D eigenvalue weighted by Crippen LogP contribution is 2.37. The molecule has 1 amide bonds. The zero-order valence-corrected chi connectivity index (χ0v) is 17.1. The number of aryl methyl sites for hydroxylation is 1. The molecule has 0 fully saturated rings. The molecular weight excluding hydrogens is 364 g/mol. The van der Waals surface area contributed by atoms with Crippen molar-refractivity contribution in [2.24, 2.45) is 16.6 Å². The van der Waals surface area contributed by atoms with Crippen molar-refractivity contribution in [3.8, 4) is 17.0 Å². The number of benzene rings is 2. The molecule has 3 aromatic rings. The van der Waals surface area contributed by atoms with Gasteiger partial charge >= 0.3 is 0 Å². The lowest BCUT2D eigenvalue weighted by atomic mass is 10.0. The number of nitrogens with two attached hydrogens (primary N) is 1. The first kappa shape index (κ1) is 20.3. The Morgan fingerprint density at radius 1 is 1.17 bits per heavy atom. The number of guanidine groups is 1. The highest BCUT2D eigenvalue weighted by atomic mass is 16.5. The number of carbonyl (C=O) groups is 1. The van der Waals surface area contributed by atoms with E-state index in [1.54, 1.807) is 0 Å². The van der Waals surface area contributed by atoms with Crippen LogP contribution in [-0.2, 0) is 4.79 Å². The van der Waals surface area contributed by atoms with E-state index in [1.807, 2.05) is 62.4 Å². The molecule has 0 bridgehead atoms. The van der Waals surface area contributed by atoms with E-state index in [9.17, 15) is 4.79 Å². The molecular formula is C23H26N4O2. The highest BCUT2D eigenvalue weighted by molar-refractivity contribution is 6.00. The quantitative estimate of drug-likeness (QED) is 0.372. The summed E-state index contributed by atoms with van der Waals surface area (Å²) in [6.45, 7) is 8.28. The second-order valence-electron chi connectivity index (χ2n) is 7.32. The van der Waals surface area contributed by atoms with Gasteiger partial charge < -0.3 is 10.5 Å². The number of hydrogen-bond acceptors (Lipinski definition) is 4. The van der Waals surface area contributed by atoms with E-state index in [0.29, 0.717) is 23.8 Å². The normalized spacial score (nSPS) is 12.8. The van der Waals surface area contributed by atoms with Gasteiger partial charge in [0.1, 0.15) is 5.75 Å². The molecule has 0 saturated carbocycles. The van der Waals surface area contributed by atoms with Gasteiger partial charge in [0.15, 0.2) is 5.96 Å². The number of pyridine rings is 1. The van der Waals surface area contributed by atoms with Crippen molar-refractivity contribution < 1.29 is 9.53 Å². The number of aliphatic imine (C=N–C) groups is 1. The zero-order chi connectivity index (χ0) is 21.0. The molecule has 3 N–H and O–H groups in total. The molecule has 0 aliphatic heterocycles. The van der Waals surface area contributed by atoms with Gasteiger partial charge in [-0.15, -0.1) is 0 Å². The molecule has 1 heterocycles. The van der Waals surface area contributed by atoms with Crippen LogP contribution in [0.4, 0.5) is 5.69 Å². The number of nitrogens with zero attached hydrogens (tertiary/aromatic N) is 2. The number of nitrogens with one attached hydrogen (secondary N) is 1. The fourth-order valence-electron chi connectivity index (χ4n) is 2.98. The number of carbonyl (C=O) groups excluding carboxylic acids is 1. The van der Waals surface area contributed by atoms with Crippen LogP contribution in [0, 0.1) is 12.8 Å². The van der Waals surface area contributed by atoms with E-state index in [1.165, 1.54) is 0 Å². The first-order valence-electron chi connectivity index (χ1n) is 9.61. The van der Waals surface area contributed by atoms with Gasteiger partial charge in [0.05, 0.1) is 28.4 Å². The number of aromatic nitrogens is 1. The number of ether oxygens (including phenoxy) is 1. The van der Waals surface area contributed by atoms with Crippen molar-refractivity contribution in [3.63, 3.8) is 0 Å². The van der Waals surface area contributed by atoms with Crippen LogP contribution < -0.4 is 15.8 Å². The summed E-state index contributed by atoms with van der Waals surface area (Å²) in [7, 11) is 0. The largest absolute Gasteiger partial charge is 0.490 e. The van der Waals surface area contributed by atoms with Gasteiger partial charge in [0.2, 0.25) is 6.41 Å². The molecule has 6 nitrogen and oxygen atoms in total. The molecule has 0 spiro atoms. The Hall–Kier alpha value is -3.41. The van der Waals surface area contributed by atoms with Gasteiger partial charge in [-0.05, 0) is 43.5 Å². The Morgan fingerprint density at radius 3 is 2.62 bits per heavy atom. The van der Waals surface area contributed by atoms with Crippen LogP contribution in [0.2, 0.25) is 0 Å². The van der Waals surface area contributed by atoms with E-state index in [0.717, 1.165) is 27.7 Å². The SMILES string of the molecule is Cc1ccccc1-c1cc(N=C(N)NC=O)c2c(OC(C)C(C)C)cccc2n1. The molecule has 1 atom stereocenters. The summed E-state index contributed by atoms with van der Waals surface area (Å²) in [4.78, 5) is 20.1. The maximum Gasteiger partial charge on any atom is 0.213 e. The lowest BCUT2D eigenvalue weighted by Crippen LogP contribution is -2.29. The molecule has 1 aromatic heterocycles. The van der Waals surface area contributed by atoms with Crippen LogP contribution in [0.5, 0.6) is 5.75 Å². The Morgan fingerprint density at radius 2 is 1.93 bits per heavy atom. The maximum absolute atomic E-state index is 10.8. The smallest absolute Gasteiger partial charge is 0.213 e. The third-order valence-corrected chi connectivity index (χ3v) is 4.90. The van der Waals surface area contributed by atoms with Crippen molar-refractivity contribution in [3.05, 3.63) is 54.1 Å². The van der Waals surface area contributed by atoms with Gasteiger partial charge in [-0.25, -0.2) is 9.98 Å². The summed E-state index contributed by atoms with van der Waals surface area (Å²) < 4.78 is 6.20. The third kappa shape index (κ3) is 4.54. The lowest BCUT2D eigenvalue weighted by molar-refractivity contribution is -0.108. The van der Waals surface area contributed by atoms with E-state index >= 15 is 0 Å². The van der Waals surface area contributed by atoms with E-state index < -0.39 is 0 Å². The van der Waals surface area contributed by atoms with Crippen LogP contribution >= 0.6 is 0 Å². The summed E-state index contributed by atoms with van der Waals surface area (Å²) >= 11 is 0. The summed E-state index contributed by atoms with van der Waals surface area (Å²) in [5.41, 5.74) is 10.1. The van der Waals surface area contributed by atoms with Gasteiger partial charge in [-0.3, -0.25) is 10.1 Å². The molecule has 2 aromatic carbocycles. The van der Waals surface area contributed by atoms with Gasteiger partial charge in [-0.2, -0.15) is 0 Å². The van der Waals surface area contributed by atoms with Gasteiger partial charge in [-0.1, -0.05) is 44.2 Å². The summed E-state index contributed by atoms with van der Waals surface area (Å²) in [6, 6.07) is 15.6. The van der Waals surface area contributed by atoms with Gasteiger partial charge in [0, 0.05) is 5.56 Å². The number of fused-ring (bicyclic) bond motifs is 1.